The summed E-state index contributed by atoms with van der Waals surface area (Å²) in [6.45, 7) is 1.98. The highest BCUT2D eigenvalue weighted by Gasteiger charge is 2.21. The predicted molar refractivity (Wildman–Crippen MR) is 108 cm³/mol. The number of halogens is 1. The van der Waals surface area contributed by atoms with Gasteiger partial charge >= 0.3 is 0 Å². The summed E-state index contributed by atoms with van der Waals surface area (Å²) >= 11 is 0. The Morgan fingerprint density at radius 1 is 1.10 bits per heavy atom. The van der Waals surface area contributed by atoms with Crippen LogP contribution in [-0.2, 0) is 7.05 Å². The van der Waals surface area contributed by atoms with E-state index in [4.69, 9.17) is 4.98 Å². The van der Waals surface area contributed by atoms with Crippen LogP contribution in [-0.4, -0.2) is 34.5 Å². The van der Waals surface area contributed by atoms with Crippen molar-refractivity contribution in [2.45, 2.75) is 13.0 Å². The van der Waals surface area contributed by atoms with Gasteiger partial charge in [0.1, 0.15) is 23.5 Å². The van der Waals surface area contributed by atoms with Crippen molar-refractivity contribution in [1.29, 1.82) is 0 Å². The van der Waals surface area contributed by atoms with E-state index >= 15 is 0 Å². The quantitative estimate of drug-likeness (QED) is 0.488. The molecular weight excluding hydrogens is 371 g/mol. The first-order chi connectivity index (χ1) is 14.1. The van der Waals surface area contributed by atoms with Crippen molar-refractivity contribution in [3.05, 3.63) is 61.0 Å². The Hall–Kier alpha value is -3.88. The first kappa shape index (κ1) is 17.2. The van der Waals surface area contributed by atoms with Gasteiger partial charge in [0.05, 0.1) is 23.4 Å². The van der Waals surface area contributed by atoms with Crippen LogP contribution >= 0.6 is 0 Å². The van der Waals surface area contributed by atoms with Crippen molar-refractivity contribution < 1.29 is 4.39 Å². The van der Waals surface area contributed by atoms with Gasteiger partial charge in [-0.25, -0.2) is 24.3 Å². The normalized spacial score (nSPS) is 12.5. The molecule has 0 spiro atoms. The molecule has 1 atom stereocenters. The molecule has 0 saturated carbocycles. The van der Waals surface area contributed by atoms with Crippen molar-refractivity contribution >= 4 is 28.0 Å². The Labute approximate surface area is 164 Å². The smallest absolute Gasteiger partial charge is 0.182 e. The molecule has 29 heavy (non-hydrogen) atoms. The van der Waals surface area contributed by atoms with Crippen molar-refractivity contribution in [2.24, 2.45) is 7.05 Å². The molecular formula is C20H17FN8. The summed E-state index contributed by atoms with van der Waals surface area (Å²) in [5.41, 5.74) is 4.03. The van der Waals surface area contributed by atoms with E-state index in [0.717, 1.165) is 27.9 Å². The van der Waals surface area contributed by atoms with Crippen molar-refractivity contribution in [2.75, 3.05) is 5.32 Å². The third-order valence-corrected chi connectivity index (χ3v) is 4.95. The van der Waals surface area contributed by atoms with Crippen LogP contribution in [0.3, 0.4) is 0 Å². The number of rotatable bonds is 4. The molecule has 9 heteroatoms. The SMILES string of the molecule is CC(Nc1ncnc2nc[nH]c12)c1nc2ccc(F)c(-c3ccncc3)c2n1C. The number of nitrogens with one attached hydrogen (secondary N) is 2. The number of fused-ring (bicyclic) bond motifs is 2. The van der Waals surface area contributed by atoms with Gasteiger partial charge in [-0.2, -0.15) is 0 Å². The number of hydrogen-bond donors (Lipinski definition) is 2. The zero-order chi connectivity index (χ0) is 20.0. The number of nitrogens with zero attached hydrogens (tertiary/aromatic N) is 6. The maximum Gasteiger partial charge on any atom is 0.182 e. The summed E-state index contributed by atoms with van der Waals surface area (Å²) in [4.78, 5) is 24.4. The lowest BCUT2D eigenvalue weighted by molar-refractivity contribution is 0.632. The molecule has 0 aliphatic heterocycles. The van der Waals surface area contributed by atoms with Crippen molar-refractivity contribution in [1.82, 2.24) is 34.5 Å². The van der Waals surface area contributed by atoms with Gasteiger partial charge in [-0.05, 0) is 36.8 Å². The van der Waals surface area contributed by atoms with Gasteiger partial charge < -0.3 is 14.9 Å². The fourth-order valence-corrected chi connectivity index (χ4v) is 3.62. The summed E-state index contributed by atoms with van der Waals surface area (Å²) < 4.78 is 16.7. The monoisotopic (exact) mass is 388 g/mol. The molecule has 0 bridgehead atoms. The van der Waals surface area contributed by atoms with Gasteiger partial charge in [-0.15, -0.1) is 0 Å². The molecule has 0 aliphatic rings. The number of aromatic nitrogens is 7. The molecule has 4 aromatic heterocycles. The summed E-state index contributed by atoms with van der Waals surface area (Å²) in [6, 6.07) is 6.54. The highest BCUT2D eigenvalue weighted by Crippen LogP contribution is 2.33. The highest BCUT2D eigenvalue weighted by molar-refractivity contribution is 5.93. The number of imidazole rings is 2. The molecule has 1 unspecified atom stereocenters. The number of benzene rings is 1. The summed E-state index contributed by atoms with van der Waals surface area (Å²) in [5.74, 6) is 1.09. The van der Waals surface area contributed by atoms with Crippen molar-refractivity contribution in [3.8, 4) is 11.1 Å². The fraction of sp³-hybridized carbons (Fsp3) is 0.150. The van der Waals surface area contributed by atoms with Gasteiger partial charge in [0, 0.05) is 25.0 Å². The van der Waals surface area contributed by atoms with Crippen LogP contribution in [0.5, 0.6) is 0 Å². The van der Waals surface area contributed by atoms with Gasteiger partial charge in [0.2, 0.25) is 0 Å². The van der Waals surface area contributed by atoms with Crippen LogP contribution in [0.15, 0.2) is 49.3 Å². The third-order valence-electron chi connectivity index (χ3n) is 4.95. The Kier molecular flexibility index (Phi) is 3.94. The minimum Gasteiger partial charge on any atom is -0.358 e. The molecule has 5 aromatic rings. The second-order valence-corrected chi connectivity index (χ2v) is 6.74. The van der Waals surface area contributed by atoms with Gasteiger partial charge in [-0.1, -0.05) is 0 Å². The first-order valence-corrected chi connectivity index (χ1v) is 9.09. The molecule has 1 aromatic carbocycles. The molecule has 8 nitrogen and oxygen atoms in total. The second kappa shape index (κ2) is 6.62. The largest absolute Gasteiger partial charge is 0.358 e. The summed E-state index contributed by atoms with van der Waals surface area (Å²) in [6.07, 6.45) is 6.34. The van der Waals surface area contributed by atoms with Crippen LogP contribution in [0.1, 0.15) is 18.8 Å². The van der Waals surface area contributed by atoms with E-state index in [2.05, 4.69) is 30.2 Å². The number of pyridine rings is 1. The average Bonchev–Trinajstić information content (AvgIpc) is 3.34. The number of H-pyrrole nitrogens is 1. The maximum absolute atomic E-state index is 14.8. The number of anilines is 1. The Morgan fingerprint density at radius 3 is 2.76 bits per heavy atom. The third kappa shape index (κ3) is 2.78. The van der Waals surface area contributed by atoms with Gasteiger partial charge in [0.25, 0.3) is 0 Å². The minimum absolute atomic E-state index is 0.192. The molecule has 4 heterocycles. The Balaban J connectivity index is 1.61. The number of hydrogen-bond acceptors (Lipinski definition) is 6. The van der Waals surface area contributed by atoms with Crippen LogP contribution in [0.4, 0.5) is 10.2 Å². The summed E-state index contributed by atoms with van der Waals surface area (Å²) in [5, 5.41) is 3.35. The zero-order valence-corrected chi connectivity index (χ0v) is 15.8. The topological polar surface area (TPSA) is 97.2 Å². The average molecular weight is 388 g/mol. The Morgan fingerprint density at radius 2 is 1.93 bits per heavy atom. The van der Waals surface area contributed by atoms with Gasteiger partial charge in [-0.3, -0.25) is 4.98 Å². The molecule has 0 radical (unpaired) electrons. The van der Waals surface area contributed by atoms with E-state index in [0.29, 0.717) is 17.0 Å². The van der Waals surface area contributed by atoms with E-state index in [1.165, 1.54) is 12.4 Å². The lowest BCUT2D eigenvalue weighted by Gasteiger charge is -2.15. The van der Waals surface area contributed by atoms with Crippen molar-refractivity contribution in [3.63, 3.8) is 0 Å². The lowest BCUT2D eigenvalue weighted by Crippen LogP contribution is -2.13. The fourth-order valence-electron chi connectivity index (χ4n) is 3.62. The molecule has 0 fully saturated rings. The lowest BCUT2D eigenvalue weighted by atomic mass is 10.0. The van der Waals surface area contributed by atoms with Crippen LogP contribution in [0, 0.1) is 5.82 Å². The molecule has 0 aliphatic carbocycles. The molecule has 0 saturated heterocycles. The number of aromatic amines is 1. The second-order valence-electron chi connectivity index (χ2n) is 6.74. The highest BCUT2D eigenvalue weighted by atomic mass is 19.1. The van der Waals surface area contributed by atoms with Crippen LogP contribution in [0.25, 0.3) is 33.3 Å². The predicted octanol–water partition coefficient (Wildman–Crippen LogP) is 3.61. The van der Waals surface area contributed by atoms with E-state index in [9.17, 15) is 4.39 Å². The molecule has 5 rings (SSSR count). The molecule has 0 amide bonds. The van der Waals surface area contributed by atoms with Crippen LogP contribution < -0.4 is 5.32 Å². The van der Waals surface area contributed by atoms with E-state index in [1.807, 2.05) is 18.5 Å². The molecule has 144 valence electrons. The standard InChI is InChI=1S/C20H17FN8/c1-11(27-19-16-18(24-9-23-16)25-10-26-19)20-28-14-4-3-13(21)15(17(14)29(20)2)12-5-7-22-8-6-12/h3-11H,1-2H3,(H2,23,24,25,26,27). The summed E-state index contributed by atoms with van der Waals surface area (Å²) in [7, 11) is 1.89. The Bertz CT molecular complexity index is 1320. The van der Waals surface area contributed by atoms with E-state index in [-0.39, 0.29) is 11.9 Å². The first-order valence-electron chi connectivity index (χ1n) is 9.09. The minimum atomic E-state index is -0.297. The maximum atomic E-state index is 14.8. The number of aryl methyl sites for hydroxylation is 1. The zero-order valence-electron chi connectivity index (χ0n) is 15.8. The van der Waals surface area contributed by atoms with Crippen LogP contribution in [0.2, 0.25) is 0 Å². The van der Waals surface area contributed by atoms with E-state index < -0.39 is 0 Å². The van der Waals surface area contributed by atoms with Gasteiger partial charge in [0.15, 0.2) is 11.5 Å². The van der Waals surface area contributed by atoms with E-state index in [1.54, 1.807) is 36.9 Å². The molecule has 2 N–H and O–H groups in total.